The summed E-state index contributed by atoms with van der Waals surface area (Å²) in [6, 6.07) is 21.8. The number of carbonyl (C=O) groups excluding carboxylic acids is 5. The van der Waals surface area contributed by atoms with Gasteiger partial charge in [0, 0.05) is 36.7 Å². The summed E-state index contributed by atoms with van der Waals surface area (Å²) < 4.78 is 39.7. The van der Waals surface area contributed by atoms with E-state index in [-0.39, 0.29) is 18.1 Å². The fourth-order valence-corrected chi connectivity index (χ4v) is 5.34. The van der Waals surface area contributed by atoms with Gasteiger partial charge in [-0.2, -0.15) is 13.2 Å². The summed E-state index contributed by atoms with van der Waals surface area (Å²) in [5.41, 5.74) is 7.80. The lowest BCUT2D eigenvalue weighted by atomic mass is 9.87. The van der Waals surface area contributed by atoms with E-state index in [1.165, 1.54) is 6.92 Å². The largest absolute Gasteiger partial charge is 0.416 e. The van der Waals surface area contributed by atoms with Crippen molar-refractivity contribution in [2.45, 2.75) is 70.8 Å². The molecule has 3 amide bonds. The predicted molar refractivity (Wildman–Crippen MR) is 178 cm³/mol. The summed E-state index contributed by atoms with van der Waals surface area (Å²) in [6.45, 7) is 4.89. The summed E-state index contributed by atoms with van der Waals surface area (Å²) in [7, 11) is 0. The molecule has 0 aliphatic heterocycles. The van der Waals surface area contributed by atoms with Crippen molar-refractivity contribution in [3.8, 4) is 11.1 Å². The Labute approximate surface area is 283 Å². The highest BCUT2D eigenvalue weighted by Crippen LogP contribution is 2.27. The number of ketones is 2. The number of Topliss-reactive ketones (excluding diaryl/α,β-unsaturated/α-hetero) is 2. The van der Waals surface area contributed by atoms with Crippen LogP contribution < -0.4 is 16.4 Å². The van der Waals surface area contributed by atoms with Crippen molar-refractivity contribution in [1.82, 2.24) is 10.6 Å². The molecule has 0 aliphatic carbocycles. The van der Waals surface area contributed by atoms with Crippen LogP contribution >= 0.6 is 0 Å². The number of amides is 3. The van der Waals surface area contributed by atoms with Crippen LogP contribution in [0, 0.1) is 17.8 Å². The number of primary amides is 1. The molecule has 0 aliphatic rings. The maximum absolute atomic E-state index is 13.7. The number of nitrogens with one attached hydrogen (secondary N) is 2. The van der Waals surface area contributed by atoms with Gasteiger partial charge in [0.25, 0.3) is 0 Å². The smallest absolute Gasteiger partial charge is 0.382 e. The van der Waals surface area contributed by atoms with E-state index in [1.54, 1.807) is 56.3 Å². The summed E-state index contributed by atoms with van der Waals surface area (Å²) in [5.74, 6) is -5.56. The lowest BCUT2D eigenvalue weighted by Gasteiger charge is -2.27. The van der Waals surface area contributed by atoms with E-state index in [0.717, 1.165) is 11.1 Å². The Morgan fingerprint density at radius 2 is 1.31 bits per heavy atom. The first-order valence-corrected chi connectivity index (χ1v) is 16.0. The number of alkyl halides is 3. The molecule has 0 aromatic heterocycles. The maximum atomic E-state index is 13.7. The molecule has 5 N–H and O–H groups in total. The van der Waals surface area contributed by atoms with E-state index in [0.29, 0.717) is 11.1 Å². The van der Waals surface area contributed by atoms with E-state index in [9.17, 15) is 42.3 Å². The second-order valence-corrected chi connectivity index (χ2v) is 12.5. The van der Waals surface area contributed by atoms with Gasteiger partial charge in [-0.1, -0.05) is 106 Å². The molecule has 0 spiro atoms. The third-order valence-corrected chi connectivity index (χ3v) is 8.30. The van der Waals surface area contributed by atoms with E-state index in [4.69, 9.17) is 5.73 Å². The van der Waals surface area contributed by atoms with Gasteiger partial charge in [0.15, 0.2) is 17.7 Å². The quantitative estimate of drug-likeness (QED) is 0.141. The molecule has 3 aromatic rings. The number of rotatable bonds is 17. The molecule has 9 nitrogen and oxygen atoms in total. The Balaban J connectivity index is 1.74. The minimum Gasteiger partial charge on any atom is -0.382 e. The zero-order valence-electron chi connectivity index (χ0n) is 27.6. The number of hydrogen-bond donors (Lipinski definition) is 4. The average Bonchev–Trinajstić information content (AvgIpc) is 3.07. The summed E-state index contributed by atoms with van der Waals surface area (Å²) in [4.78, 5) is 64.7. The van der Waals surface area contributed by atoms with Gasteiger partial charge in [0.2, 0.25) is 17.7 Å². The minimum atomic E-state index is -5.09. The first-order valence-electron chi connectivity index (χ1n) is 16.0. The van der Waals surface area contributed by atoms with Crippen LogP contribution in [-0.4, -0.2) is 52.7 Å². The van der Waals surface area contributed by atoms with Crippen LogP contribution in [0.15, 0.2) is 84.9 Å². The molecule has 0 heterocycles. The number of benzene rings is 3. The lowest BCUT2D eigenvalue weighted by Crippen LogP contribution is -2.51. The first kappa shape index (κ1) is 38.6. The standard InChI is InChI=1S/C37H42F3N3O6/c1-22(2)28(21-30(44)26-16-14-25(15-17-26)24-10-6-4-7-11-24)36(49)43-33(27-12-8-5-9-13-27)31(45)20-23(3)35(48)42-29(18-19-32(41)46)34(47)37(38,39)40/h4-17,22-23,28-29,33-34,47H,18-21H2,1-3H3,(H2,41,46)(H,42,48)(H,43,49)/t23-,28+,29?,33+,34?/m1/s1. The molecule has 0 bridgehead atoms. The predicted octanol–water partition coefficient (Wildman–Crippen LogP) is 5.32. The van der Waals surface area contributed by atoms with E-state index in [2.05, 4.69) is 10.6 Å². The van der Waals surface area contributed by atoms with E-state index >= 15 is 0 Å². The van der Waals surface area contributed by atoms with Crippen molar-refractivity contribution in [2.24, 2.45) is 23.5 Å². The Bertz CT molecular complexity index is 1580. The summed E-state index contributed by atoms with van der Waals surface area (Å²) in [6.07, 6.45) is -9.75. The van der Waals surface area contributed by atoms with Crippen LogP contribution in [0.25, 0.3) is 11.1 Å². The second-order valence-electron chi connectivity index (χ2n) is 12.5. The van der Waals surface area contributed by atoms with Crippen LogP contribution in [0.5, 0.6) is 0 Å². The molecule has 12 heteroatoms. The van der Waals surface area contributed by atoms with Crippen LogP contribution in [-0.2, 0) is 19.2 Å². The number of halogens is 3. The third-order valence-electron chi connectivity index (χ3n) is 8.30. The van der Waals surface area contributed by atoms with Gasteiger partial charge >= 0.3 is 6.18 Å². The number of aliphatic hydroxyl groups excluding tert-OH is 1. The molecule has 0 saturated heterocycles. The van der Waals surface area contributed by atoms with Crippen molar-refractivity contribution in [1.29, 1.82) is 0 Å². The average molecular weight is 682 g/mol. The molecule has 0 saturated carbocycles. The normalized spacial score (nSPS) is 14.6. The van der Waals surface area contributed by atoms with Crippen molar-refractivity contribution in [3.63, 3.8) is 0 Å². The topological polar surface area (TPSA) is 156 Å². The molecule has 3 rings (SSSR count). The molecule has 3 aromatic carbocycles. The monoisotopic (exact) mass is 681 g/mol. The number of nitrogens with two attached hydrogens (primary N) is 1. The Kier molecular flexibility index (Phi) is 13.8. The van der Waals surface area contributed by atoms with Gasteiger partial charge in [-0.25, -0.2) is 0 Å². The molecule has 0 fully saturated rings. The van der Waals surface area contributed by atoms with Crippen LogP contribution in [0.3, 0.4) is 0 Å². The van der Waals surface area contributed by atoms with Crippen LogP contribution in [0.1, 0.15) is 68.4 Å². The highest BCUT2D eigenvalue weighted by Gasteiger charge is 2.44. The van der Waals surface area contributed by atoms with Gasteiger partial charge in [-0.05, 0) is 29.0 Å². The van der Waals surface area contributed by atoms with Gasteiger partial charge in [-0.3, -0.25) is 24.0 Å². The maximum Gasteiger partial charge on any atom is 0.416 e. The van der Waals surface area contributed by atoms with Crippen molar-refractivity contribution < 1.29 is 42.3 Å². The molecule has 0 radical (unpaired) electrons. The number of carbonyl (C=O) groups is 5. The molecular weight excluding hydrogens is 639 g/mol. The Morgan fingerprint density at radius 1 is 0.755 bits per heavy atom. The van der Waals surface area contributed by atoms with Crippen molar-refractivity contribution in [2.75, 3.05) is 0 Å². The zero-order chi connectivity index (χ0) is 36.3. The van der Waals surface area contributed by atoms with Gasteiger partial charge < -0.3 is 21.5 Å². The van der Waals surface area contributed by atoms with Gasteiger partial charge in [0.1, 0.15) is 6.04 Å². The summed E-state index contributed by atoms with van der Waals surface area (Å²) in [5, 5.41) is 14.6. The fourth-order valence-electron chi connectivity index (χ4n) is 5.34. The Hall–Kier alpha value is -4.84. The van der Waals surface area contributed by atoms with Crippen LogP contribution in [0.2, 0.25) is 0 Å². The molecule has 262 valence electrons. The molecule has 49 heavy (non-hydrogen) atoms. The minimum absolute atomic E-state index is 0.128. The molecule has 2 unspecified atom stereocenters. The van der Waals surface area contributed by atoms with E-state index in [1.807, 2.05) is 42.5 Å². The van der Waals surface area contributed by atoms with E-state index < -0.39 is 79.0 Å². The van der Waals surface area contributed by atoms with Gasteiger partial charge in [0.05, 0.1) is 6.04 Å². The first-order chi connectivity index (χ1) is 23.1. The highest BCUT2D eigenvalue weighted by molar-refractivity contribution is 6.00. The SMILES string of the molecule is CC(C)[C@H](CC(=O)c1ccc(-c2ccccc2)cc1)C(=O)N[C@H](C(=O)C[C@@H](C)C(=O)NC(CCC(N)=O)C(O)C(F)(F)F)c1ccccc1. The highest BCUT2D eigenvalue weighted by atomic mass is 19.4. The third kappa shape index (κ3) is 11.4. The fraction of sp³-hybridized carbons (Fsp3) is 0.378. The Morgan fingerprint density at radius 3 is 1.84 bits per heavy atom. The van der Waals surface area contributed by atoms with Gasteiger partial charge in [-0.15, -0.1) is 0 Å². The van der Waals surface area contributed by atoms with Crippen LogP contribution in [0.4, 0.5) is 13.2 Å². The lowest BCUT2D eigenvalue weighted by molar-refractivity contribution is -0.213. The second kappa shape index (κ2) is 17.5. The van der Waals surface area contributed by atoms with Crippen molar-refractivity contribution in [3.05, 3.63) is 96.1 Å². The van der Waals surface area contributed by atoms with Crippen molar-refractivity contribution >= 4 is 29.3 Å². The summed E-state index contributed by atoms with van der Waals surface area (Å²) >= 11 is 0. The number of aliphatic hydroxyl groups is 1. The molecule has 5 atom stereocenters. The zero-order valence-corrected chi connectivity index (χ0v) is 27.6. The number of hydrogen-bond acceptors (Lipinski definition) is 6. The molecular formula is C37H42F3N3O6.